The first kappa shape index (κ1) is 20.4. The molecule has 0 saturated heterocycles. The van der Waals surface area contributed by atoms with Gasteiger partial charge in [0.1, 0.15) is 6.61 Å². The maximum atomic E-state index is 13.4. The van der Waals surface area contributed by atoms with Gasteiger partial charge in [0, 0.05) is 29.7 Å². The SMILES string of the molecule is O=C1C=C(NC(=O)C(=O)c2cn(Cc3ccccc3C(F)(F)F)c3ccccc23)CO1. The Hall–Kier alpha value is -3.88. The highest BCUT2D eigenvalue weighted by Crippen LogP contribution is 2.33. The van der Waals surface area contributed by atoms with Gasteiger partial charge in [-0.15, -0.1) is 0 Å². The number of hydrogen-bond acceptors (Lipinski definition) is 4. The van der Waals surface area contributed by atoms with Crippen LogP contribution in [0.2, 0.25) is 0 Å². The molecule has 4 rings (SSSR count). The van der Waals surface area contributed by atoms with Gasteiger partial charge in [-0.25, -0.2) is 4.79 Å². The number of aromatic nitrogens is 1. The average Bonchev–Trinajstić information content (AvgIpc) is 3.30. The van der Waals surface area contributed by atoms with Crippen LogP contribution in [0.5, 0.6) is 0 Å². The first-order chi connectivity index (χ1) is 14.7. The molecule has 0 saturated carbocycles. The van der Waals surface area contributed by atoms with E-state index in [-0.39, 0.29) is 30.0 Å². The fraction of sp³-hybridized carbons (Fsp3) is 0.136. The number of nitrogens with zero attached hydrogens (tertiary/aromatic N) is 1. The van der Waals surface area contributed by atoms with Crippen molar-refractivity contribution in [1.82, 2.24) is 9.88 Å². The molecule has 1 amide bonds. The van der Waals surface area contributed by atoms with Crippen molar-refractivity contribution in [2.45, 2.75) is 12.7 Å². The summed E-state index contributed by atoms with van der Waals surface area (Å²) in [7, 11) is 0. The van der Waals surface area contributed by atoms with Crippen molar-refractivity contribution in [3.05, 3.63) is 83.2 Å². The molecule has 2 heterocycles. The van der Waals surface area contributed by atoms with Gasteiger partial charge in [-0.05, 0) is 17.7 Å². The standard InChI is InChI=1S/C22H15F3N2O4/c23-22(24,25)17-7-3-1-5-13(17)10-27-11-16(15-6-2-4-8-18(15)27)20(29)21(30)26-14-9-19(28)31-12-14/h1-9,11H,10,12H2,(H,26,30). The molecule has 6 nitrogen and oxygen atoms in total. The van der Waals surface area contributed by atoms with Gasteiger partial charge in [0.15, 0.2) is 0 Å². The van der Waals surface area contributed by atoms with E-state index in [0.717, 1.165) is 12.1 Å². The highest BCUT2D eigenvalue weighted by atomic mass is 19.4. The topological polar surface area (TPSA) is 77.4 Å². The molecule has 9 heteroatoms. The highest BCUT2D eigenvalue weighted by Gasteiger charge is 2.33. The number of ketones is 1. The van der Waals surface area contributed by atoms with E-state index >= 15 is 0 Å². The van der Waals surface area contributed by atoms with E-state index < -0.39 is 29.4 Å². The number of esters is 1. The average molecular weight is 428 g/mol. The van der Waals surface area contributed by atoms with Gasteiger partial charge >= 0.3 is 12.1 Å². The zero-order valence-corrected chi connectivity index (χ0v) is 15.9. The van der Waals surface area contributed by atoms with Gasteiger partial charge in [0.05, 0.1) is 16.8 Å². The van der Waals surface area contributed by atoms with Crippen LogP contribution in [0, 0.1) is 0 Å². The Morgan fingerprint density at radius 3 is 2.48 bits per heavy atom. The second-order valence-electron chi connectivity index (χ2n) is 6.90. The van der Waals surface area contributed by atoms with Gasteiger partial charge in [-0.1, -0.05) is 36.4 Å². The zero-order chi connectivity index (χ0) is 22.2. The van der Waals surface area contributed by atoms with Crippen molar-refractivity contribution in [2.75, 3.05) is 6.61 Å². The Labute approximate surface area is 173 Å². The van der Waals surface area contributed by atoms with Crippen LogP contribution in [-0.4, -0.2) is 28.8 Å². The largest absolute Gasteiger partial charge is 0.456 e. The van der Waals surface area contributed by atoms with Gasteiger partial charge < -0.3 is 14.6 Å². The molecule has 0 fully saturated rings. The van der Waals surface area contributed by atoms with Crippen molar-refractivity contribution in [2.24, 2.45) is 0 Å². The molecule has 31 heavy (non-hydrogen) atoms. The normalized spacial score (nSPS) is 13.8. The summed E-state index contributed by atoms with van der Waals surface area (Å²) < 4.78 is 46.3. The molecular formula is C22H15F3N2O4. The first-order valence-corrected chi connectivity index (χ1v) is 9.20. The second kappa shape index (κ2) is 7.75. The number of benzene rings is 2. The van der Waals surface area contributed by atoms with E-state index in [2.05, 4.69) is 10.1 Å². The third-order valence-electron chi connectivity index (χ3n) is 4.84. The zero-order valence-electron chi connectivity index (χ0n) is 15.9. The van der Waals surface area contributed by atoms with Crippen LogP contribution in [-0.2, 0) is 27.0 Å². The van der Waals surface area contributed by atoms with Crippen LogP contribution in [0.15, 0.2) is 66.5 Å². The Kier molecular flexibility index (Phi) is 5.10. The molecule has 1 aromatic heterocycles. The first-order valence-electron chi connectivity index (χ1n) is 9.20. The minimum absolute atomic E-state index is 0.0333. The number of hydrogen-bond donors (Lipinski definition) is 1. The number of rotatable bonds is 5. The van der Waals surface area contributed by atoms with Crippen molar-refractivity contribution in [3.8, 4) is 0 Å². The number of para-hydroxylation sites is 1. The molecule has 1 aliphatic heterocycles. The molecule has 2 aromatic carbocycles. The van der Waals surface area contributed by atoms with Crippen molar-refractivity contribution >= 4 is 28.6 Å². The van der Waals surface area contributed by atoms with Crippen LogP contribution in [0.1, 0.15) is 21.5 Å². The number of cyclic esters (lactones) is 1. The van der Waals surface area contributed by atoms with E-state index in [1.54, 1.807) is 24.3 Å². The number of alkyl halides is 3. The molecule has 0 radical (unpaired) electrons. The third-order valence-corrected chi connectivity index (χ3v) is 4.84. The molecule has 0 spiro atoms. The highest BCUT2D eigenvalue weighted by molar-refractivity contribution is 6.45. The maximum absolute atomic E-state index is 13.4. The lowest BCUT2D eigenvalue weighted by Crippen LogP contribution is -2.31. The predicted octanol–water partition coefficient (Wildman–Crippen LogP) is 3.45. The molecule has 0 bridgehead atoms. The summed E-state index contributed by atoms with van der Waals surface area (Å²) in [6.07, 6.45) is -2.08. The second-order valence-corrected chi connectivity index (χ2v) is 6.90. The summed E-state index contributed by atoms with van der Waals surface area (Å²) >= 11 is 0. The summed E-state index contributed by atoms with van der Waals surface area (Å²) in [4.78, 5) is 36.2. The molecule has 0 unspecified atom stereocenters. The lowest BCUT2D eigenvalue weighted by atomic mass is 10.1. The summed E-state index contributed by atoms with van der Waals surface area (Å²) in [5.74, 6) is -2.47. The minimum atomic E-state index is -4.52. The monoisotopic (exact) mass is 428 g/mol. The molecule has 0 atom stereocenters. The number of ether oxygens (including phenoxy) is 1. The van der Waals surface area contributed by atoms with Crippen LogP contribution in [0.25, 0.3) is 10.9 Å². The number of fused-ring (bicyclic) bond motifs is 1. The van der Waals surface area contributed by atoms with Crippen LogP contribution in [0.4, 0.5) is 13.2 Å². The Bertz CT molecular complexity index is 1240. The lowest BCUT2D eigenvalue weighted by Gasteiger charge is -2.13. The Balaban J connectivity index is 1.69. The fourth-order valence-electron chi connectivity index (χ4n) is 3.45. The molecule has 158 valence electrons. The predicted molar refractivity (Wildman–Crippen MR) is 104 cm³/mol. The van der Waals surface area contributed by atoms with E-state index in [9.17, 15) is 27.6 Å². The smallest absolute Gasteiger partial charge is 0.416 e. The van der Waals surface area contributed by atoms with Crippen LogP contribution >= 0.6 is 0 Å². The Morgan fingerprint density at radius 1 is 1.06 bits per heavy atom. The number of amides is 1. The summed E-state index contributed by atoms with van der Waals surface area (Å²) in [5.41, 5.74) is -0.0222. The number of halogens is 3. The van der Waals surface area contributed by atoms with Crippen molar-refractivity contribution in [3.63, 3.8) is 0 Å². The molecule has 0 aliphatic carbocycles. The van der Waals surface area contributed by atoms with Crippen LogP contribution < -0.4 is 5.32 Å². The molecule has 3 aromatic rings. The van der Waals surface area contributed by atoms with E-state index in [1.165, 1.54) is 29.0 Å². The van der Waals surface area contributed by atoms with E-state index in [4.69, 9.17) is 0 Å². The third kappa shape index (κ3) is 4.07. The fourth-order valence-corrected chi connectivity index (χ4v) is 3.45. The maximum Gasteiger partial charge on any atom is 0.416 e. The molecule has 1 aliphatic rings. The van der Waals surface area contributed by atoms with E-state index in [1.807, 2.05) is 0 Å². The van der Waals surface area contributed by atoms with Gasteiger partial charge in [-0.2, -0.15) is 13.2 Å². The summed E-state index contributed by atoms with van der Waals surface area (Å²) in [5, 5.41) is 2.76. The molecule has 1 N–H and O–H groups in total. The molecular weight excluding hydrogens is 413 g/mol. The summed E-state index contributed by atoms with van der Waals surface area (Å²) in [6.45, 7) is -0.285. The lowest BCUT2D eigenvalue weighted by molar-refractivity contribution is -0.138. The van der Waals surface area contributed by atoms with Gasteiger partial charge in [0.25, 0.3) is 11.7 Å². The minimum Gasteiger partial charge on any atom is -0.456 e. The van der Waals surface area contributed by atoms with Gasteiger partial charge in [-0.3, -0.25) is 9.59 Å². The number of Topliss-reactive ketones (excluding diaryl/α,β-unsaturated/α-hetero) is 1. The number of carbonyl (C=O) groups is 3. The van der Waals surface area contributed by atoms with Crippen LogP contribution in [0.3, 0.4) is 0 Å². The van der Waals surface area contributed by atoms with E-state index in [0.29, 0.717) is 10.9 Å². The quantitative estimate of drug-likeness (QED) is 0.384. The number of carbonyl (C=O) groups excluding carboxylic acids is 3. The summed E-state index contributed by atoms with van der Waals surface area (Å²) in [6, 6.07) is 11.8. The van der Waals surface area contributed by atoms with Gasteiger partial charge in [0.2, 0.25) is 0 Å². The van der Waals surface area contributed by atoms with Crippen molar-refractivity contribution < 1.29 is 32.3 Å². The Morgan fingerprint density at radius 2 is 1.77 bits per heavy atom. The van der Waals surface area contributed by atoms with Crippen molar-refractivity contribution in [1.29, 1.82) is 0 Å². The number of nitrogens with one attached hydrogen (secondary N) is 1.